The van der Waals surface area contributed by atoms with E-state index < -0.39 is 0 Å². The van der Waals surface area contributed by atoms with Gasteiger partial charge >= 0.3 is 0 Å². The zero-order valence-corrected chi connectivity index (χ0v) is 32.0. The lowest BCUT2D eigenvalue weighted by Gasteiger charge is -2.25. The molecule has 2 aliphatic heterocycles. The van der Waals surface area contributed by atoms with Gasteiger partial charge in [-0.1, -0.05) is 32.0 Å². The molecule has 4 amide bonds. The van der Waals surface area contributed by atoms with E-state index in [1.165, 1.54) is 5.56 Å². The number of carbonyl (C=O) groups excluding carboxylic acids is 4. The number of para-hydroxylation sites is 1. The molecule has 286 valence electrons. The number of hydrogen-bond acceptors (Lipinski definition) is 8. The lowest BCUT2D eigenvalue weighted by molar-refractivity contribution is -0.116. The molecule has 0 fully saturated rings. The fraction of sp³-hybridized carbons (Fsp3) is 0.400. The first-order valence-corrected chi connectivity index (χ1v) is 18.1. The molecule has 0 spiro atoms. The van der Waals surface area contributed by atoms with Gasteiger partial charge in [0.25, 0.3) is 17.7 Å². The fourth-order valence-corrected chi connectivity index (χ4v) is 7.24. The SMILES string of the molecule is CNCC(C)(C)CNC(=O)c1cc(NC(=O)c2cc(NC(=O)CCCOc3cc4c(cc3OC)C(=O)N3c5ccccc5C[C@H]3CN4C)cn2C)cn1C. The average Bonchev–Trinajstić information content (AvgIpc) is 3.79. The van der Waals surface area contributed by atoms with E-state index in [-0.39, 0.29) is 48.1 Å². The van der Waals surface area contributed by atoms with E-state index in [9.17, 15) is 19.2 Å². The third-order valence-corrected chi connectivity index (χ3v) is 9.90. The number of methoxy groups -OCH3 is 1. The summed E-state index contributed by atoms with van der Waals surface area (Å²) in [4.78, 5) is 56.8. The fourth-order valence-electron chi connectivity index (χ4n) is 7.24. The maximum Gasteiger partial charge on any atom is 0.272 e. The van der Waals surface area contributed by atoms with Crippen molar-refractivity contribution in [2.75, 3.05) is 67.9 Å². The topological polar surface area (TPSA) is 151 Å². The lowest BCUT2D eigenvalue weighted by atomic mass is 9.93. The van der Waals surface area contributed by atoms with Gasteiger partial charge in [-0.25, -0.2) is 0 Å². The van der Waals surface area contributed by atoms with Crippen molar-refractivity contribution in [2.24, 2.45) is 19.5 Å². The lowest BCUT2D eigenvalue weighted by Crippen LogP contribution is -2.41. The minimum atomic E-state index is -0.383. The summed E-state index contributed by atoms with van der Waals surface area (Å²) in [5, 5.41) is 11.8. The number of anilines is 4. The number of rotatable bonds is 14. The molecule has 0 saturated heterocycles. The van der Waals surface area contributed by atoms with E-state index in [4.69, 9.17) is 9.47 Å². The zero-order chi connectivity index (χ0) is 38.7. The standard InChI is InChI=1S/C40H50N8O6/c1-40(2,23-41-3)24-42-37(50)32-17-27(21-45(32)4)44-38(51)33-16-26(20-46(33)5)43-36(49)13-10-14-54-35-19-31-29(18-34(35)53-7)39(52)48-28(22-47(31)6)15-25-11-8-9-12-30(25)48/h8-9,11-12,16-21,28,41H,10,13-15,22-24H2,1-7H3,(H,42,50)(H,43,49)(H,44,51)/t28-/m0/s1. The molecule has 1 atom stereocenters. The summed E-state index contributed by atoms with van der Waals surface area (Å²) < 4.78 is 15.0. The molecular weight excluding hydrogens is 688 g/mol. The van der Waals surface area contributed by atoms with Gasteiger partial charge in [-0.3, -0.25) is 19.2 Å². The Labute approximate surface area is 315 Å². The number of aryl methyl sites for hydroxylation is 2. The van der Waals surface area contributed by atoms with Crippen LogP contribution in [0, 0.1) is 5.41 Å². The molecule has 0 unspecified atom stereocenters. The molecule has 0 radical (unpaired) electrons. The second-order valence-electron chi connectivity index (χ2n) is 14.8. The Hall–Kier alpha value is -5.76. The van der Waals surface area contributed by atoms with E-state index in [2.05, 4.69) is 46.1 Å². The van der Waals surface area contributed by atoms with Crippen LogP contribution < -0.4 is 40.5 Å². The van der Waals surface area contributed by atoms with Crippen molar-refractivity contribution >= 4 is 46.4 Å². The molecule has 0 bridgehead atoms. The van der Waals surface area contributed by atoms with Crippen LogP contribution in [-0.2, 0) is 25.3 Å². The van der Waals surface area contributed by atoms with Crippen LogP contribution >= 0.6 is 0 Å². The number of nitrogens with zero attached hydrogens (tertiary/aromatic N) is 4. The summed E-state index contributed by atoms with van der Waals surface area (Å²) in [6, 6.07) is 14.9. The van der Waals surface area contributed by atoms with Crippen molar-refractivity contribution in [2.45, 2.75) is 39.2 Å². The highest BCUT2D eigenvalue weighted by molar-refractivity contribution is 6.12. The number of ether oxygens (including phenoxy) is 2. The van der Waals surface area contributed by atoms with Gasteiger partial charge in [0.05, 0.1) is 42.4 Å². The number of fused-ring (bicyclic) bond motifs is 4. The third kappa shape index (κ3) is 8.08. The second-order valence-corrected chi connectivity index (χ2v) is 14.8. The van der Waals surface area contributed by atoms with Crippen LogP contribution in [0.3, 0.4) is 0 Å². The smallest absolute Gasteiger partial charge is 0.272 e. The first-order valence-electron chi connectivity index (χ1n) is 18.1. The van der Waals surface area contributed by atoms with E-state index in [1.54, 1.807) is 60.9 Å². The first-order chi connectivity index (χ1) is 25.8. The van der Waals surface area contributed by atoms with Crippen molar-refractivity contribution < 1.29 is 28.7 Å². The quantitative estimate of drug-likeness (QED) is 0.139. The monoisotopic (exact) mass is 738 g/mol. The van der Waals surface area contributed by atoms with Crippen LogP contribution in [0.5, 0.6) is 11.5 Å². The number of likely N-dealkylation sites (N-methyl/N-ethyl adjacent to an activating group) is 1. The number of amides is 4. The summed E-state index contributed by atoms with van der Waals surface area (Å²) in [5.41, 5.74) is 5.02. The Morgan fingerprint density at radius 2 is 1.56 bits per heavy atom. The Bertz CT molecular complexity index is 2070. The highest BCUT2D eigenvalue weighted by Crippen LogP contribution is 2.42. The van der Waals surface area contributed by atoms with Gasteiger partial charge < -0.3 is 49.7 Å². The number of aromatic nitrogens is 2. The molecule has 0 saturated carbocycles. The Kier molecular flexibility index (Phi) is 11.0. The summed E-state index contributed by atoms with van der Waals surface area (Å²) in [6.07, 6.45) is 4.75. The number of carbonyl (C=O) groups is 4. The van der Waals surface area contributed by atoms with Crippen molar-refractivity contribution in [1.82, 2.24) is 19.8 Å². The van der Waals surface area contributed by atoms with Gasteiger partial charge in [0.2, 0.25) is 5.91 Å². The molecule has 2 aliphatic rings. The van der Waals surface area contributed by atoms with E-state index in [0.717, 1.165) is 24.3 Å². The first kappa shape index (κ1) is 38.0. The molecule has 4 heterocycles. The van der Waals surface area contributed by atoms with Crippen LogP contribution in [0.4, 0.5) is 22.7 Å². The average molecular weight is 739 g/mol. The highest BCUT2D eigenvalue weighted by Gasteiger charge is 2.39. The number of hydrogen-bond donors (Lipinski definition) is 4. The van der Waals surface area contributed by atoms with Crippen molar-refractivity contribution in [3.63, 3.8) is 0 Å². The molecule has 2 aromatic heterocycles. The van der Waals surface area contributed by atoms with E-state index in [1.807, 2.05) is 43.3 Å². The van der Waals surface area contributed by atoms with Crippen LogP contribution in [-0.4, -0.2) is 86.3 Å². The number of benzene rings is 2. The molecule has 4 N–H and O–H groups in total. The predicted molar refractivity (Wildman–Crippen MR) is 209 cm³/mol. The molecule has 14 nitrogen and oxygen atoms in total. The van der Waals surface area contributed by atoms with Gasteiger partial charge in [-0.05, 0) is 55.1 Å². The second kappa shape index (κ2) is 15.7. The molecule has 2 aromatic carbocycles. The molecule has 6 rings (SSSR count). The summed E-state index contributed by atoms with van der Waals surface area (Å²) >= 11 is 0. The van der Waals surface area contributed by atoms with Crippen LogP contribution in [0.15, 0.2) is 60.9 Å². The van der Waals surface area contributed by atoms with E-state index in [0.29, 0.717) is 59.3 Å². The zero-order valence-electron chi connectivity index (χ0n) is 32.0. The van der Waals surface area contributed by atoms with Crippen LogP contribution in [0.1, 0.15) is 63.6 Å². The van der Waals surface area contributed by atoms with Gasteiger partial charge in [0.1, 0.15) is 11.4 Å². The largest absolute Gasteiger partial charge is 0.493 e. The Balaban J connectivity index is 1.01. The Morgan fingerprint density at radius 1 is 0.870 bits per heavy atom. The van der Waals surface area contributed by atoms with Gasteiger partial charge in [0, 0.05) is 71.3 Å². The molecule has 4 aromatic rings. The van der Waals surface area contributed by atoms with Gasteiger partial charge in [0.15, 0.2) is 11.5 Å². The molecule has 0 aliphatic carbocycles. The van der Waals surface area contributed by atoms with Gasteiger partial charge in [-0.15, -0.1) is 0 Å². The molecule has 14 heteroatoms. The summed E-state index contributed by atoms with van der Waals surface area (Å²) in [6.45, 7) is 6.28. The minimum Gasteiger partial charge on any atom is -0.493 e. The molecular formula is C40H50N8O6. The summed E-state index contributed by atoms with van der Waals surface area (Å²) in [5.74, 6) is 0.0306. The van der Waals surface area contributed by atoms with Gasteiger partial charge in [-0.2, -0.15) is 0 Å². The number of nitrogens with one attached hydrogen (secondary N) is 4. The van der Waals surface area contributed by atoms with Crippen molar-refractivity contribution in [3.8, 4) is 11.5 Å². The predicted octanol–water partition coefficient (Wildman–Crippen LogP) is 4.42. The minimum absolute atomic E-state index is 0.0272. The maximum absolute atomic E-state index is 13.8. The van der Waals surface area contributed by atoms with Crippen LogP contribution in [0.2, 0.25) is 0 Å². The third-order valence-electron chi connectivity index (χ3n) is 9.90. The normalized spacial score (nSPS) is 14.9. The maximum atomic E-state index is 13.8. The summed E-state index contributed by atoms with van der Waals surface area (Å²) in [7, 11) is 8.86. The highest BCUT2D eigenvalue weighted by atomic mass is 16.5. The Morgan fingerprint density at radius 3 is 2.26 bits per heavy atom. The molecule has 54 heavy (non-hydrogen) atoms. The van der Waals surface area contributed by atoms with Crippen LogP contribution in [0.25, 0.3) is 0 Å². The van der Waals surface area contributed by atoms with Crippen molar-refractivity contribution in [1.29, 1.82) is 0 Å². The van der Waals surface area contributed by atoms with Crippen molar-refractivity contribution in [3.05, 3.63) is 83.4 Å². The van der Waals surface area contributed by atoms with E-state index >= 15 is 0 Å².